The second-order valence-corrected chi connectivity index (χ2v) is 1.76. The number of alkyl halides is 7. The van der Waals surface area contributed by atoms with Crippen LogP contribution in [-0.2, 0) is 0 Å². The van der Waals surface area contributed by atoms with E-state index in [9.17, 15) is 30.7 Å². The van der Waals surface area contributed by atoms with E-state index < -0.39 is 24.1 Å². The molecule has 0 N–H and O–H groups in total. The van der Waals surface area contributed by atoms with Crippen LogP contribution in [-0.4, -0.2) is 18.0 Å². The summed E-state index contributed by atoms with van der Waals surface area (Å²) in [6.07, 6.45) is -6.42. The van der Waals surface area contributed by atoms with Crippen LogP contribution in [0.3, 0.4) is 0 Å². The zero-order valence-electron chi connectivity index (χ0n) is 5.09. The normalized spacial score (nSPS) is 14.2. The van der Waals surface area contributed by atoms with E-state index in [1.54, 1.807) is 0 Å². The summed E-state index contributed by atoms with van der Waals surface area (Å²) in [5.41, 5.74) is 0. The molecule has 0 rings (SSSR count). The zero-order valence-corrected chi connectivity index (χ0v) is 5.09. The van der Waals surface area contributed by atoms with Crippen LogP contribution in [0.15, 0.2) is 0 Å². The van der Waals surface area contributed by atoms with Crippen LogP contribution in [0.2, 0.25) is 0 Å². The first-order valence-corrected chi connectivity index (χ1v) is 2.30. The molecule has 8 heteroatoms. The van der Waals surface area contributed by atoms with Gasteiger partial charge in [0.05, 0.1) is 0 Å². The van der Waals surface area contributed by atoms with E-state index in [1.165, 1.54) is 0 Å². The molecule has 0 aromatic heterocycles. The number of nitriles is 1. The molecule has 0 aromatic rings. The fraction of sp³-hybridized carbons (Fsp3) is 0.750. The van der Waals surface area contributed by atoms with Crippen molar-refractivity contribution in [2.75, 3.05) is 0 Å². The molecule has 0 aliphatic carbocycles. The van der Waals surface area contributed by atoms with Crippen LogP contribution in [0, 0.1) is 11.3 Å². The fourth-order valence-corrected chi connectivity index (χ4v) is 0.248. The summed E-state index contributed by atoms with van der Waals surface area (Å²) in [4.78, 5) is 0. The summed E-state index contributed by atoms with van der Waals surface area (Å²) in [6.45, 7) is 0. The third-order valence-corrected chi connectivity index (χ3v) is 0.891. The average Bonchev–Trinajstić information content (AvgIpc) is 1.85. The summed E-state index contributed by atoms with van der Waals surface area (Å²) < 4.78 is 79.8. The quantitative estimate of drug-likeness (QED) is 0.589. The van der Waals surface area contributed by atoms with Gasteiger partial charge in [0.2, 0.25) is 0 Å². The van der Waals surface area contributed by atoms with Crippen molar-refractivity contribution in [3.8, 4) is 6.07 Å². The molecule has 0 spiro atoms. The maximum absolute atomic E-state index is 11.6. The van der Waals surface area contributed by atoms with Gasteiger partial charge >= 0.3 is 18.0 Å². The first-order chi connectivity index (χ1) is 5.06. The Balaban J connectivity index is 5.02. The Morgan fingerprint density at radius 2 is 1.17 bits per heavy atom. The lowest BCUT2D eigenvalue weighted by atomic mass is 10.2. The summed E-state index contributed by atoms with van der Waals surface area (Å²) in [7, 11) is 0. The molecule has 0 atom stereocenters. The maximum atomic E-state index is 11.6. The van der Waals surface area contributed by atoms with E-state index in [0.717, 1.165) is 0 Å². The number of hydrogen-bond acceptors (Lipinski definition) is 1. The van der Waals surface area contributed by atoms with Crippen LogP contribution in [0.5, 0.6) is 0 Å². The summed E-state index contributed by atoms with van der Waals surface area (Å²) >= 11 is 0. The van der Waals surface area contributed by atoms with Gasteiger partial charge in [0.15, 0.2) is 0 Å². The van der Waals surface area contributed by atoms with Crippen LogP contribution >= 0.6 is 0 Å². The van der Waals surface area contributed by atoms with Gasteiger partial charge in [-0.2, -0.15) is 36.0 Å². The van der Waals surface area contributed by atoms with Gasteiger partial charge in [-0.05, 0) is 0 Å². The van der Waals surface area contributed by atoms with E-state index in [0.29, 0.717) is 0 Å². The van der Waals surface area contributed by atoms with Crippen molar-refractivity contribution in [2.24, 2.45) is 0 Å². The molecule has 0 aromatic carbocycles. The number of rotatable bonds is 1. The molecule has 0 aliphatic heterocycles. The molecular weight excluding hydrogens is 195 g/mol. The van der Waals surface area contributed by atoms with Crippen molar-refractivity contribution < 1.29 is 30.7 Å². The minimum absolute atomic E-state index is 0.415. The molecule has 0 amide bonds. The Hall–Kier alpha value is -1.00. The molecule has 12 heavy (non-hydrogen) atoms. The molecule has 70 valence electrons. The van der Waals surface area contributed by atoms with Gasteiger partial charge in [-0.3, -0.25) is 0 Å². The zero-order chi connectivity index (χ0) is 10.2. The summed E-state index contributed by atoms with van der Waals surface area (Å²) in [6, 6.07) is -0.415. The molecule has 0 fully saturated rings. The lowest BCUT2D eigenvalue weighted by Crippen LogP contribution is -2.51. The van der Waals surface area contributed by atoms with Crippen molar-refractivity contribution >= 4 is 0 Å². The fourth-order valence-electron chi connectivity index (χ4n) is 0.248. The number of nitrogens with zero attached hydrogens (tertiary/aromatic N) is 1. The van der Waals surface area contributed by atoms with E-state index in [2.05, 4.69) is 0 Å². The van der Waals surface area contributed by atoms with Gasteiger partial charge in [-0.15, -0.1) is 0 Å². The maximum Gasteiger partial charge on any atom is 0.461 e. The summed E-state index contributed by atoms with van der Waals surface area (Å²) in [5, 5.41) is 7.31. The Kier molecular flexibility index (Phi) is 2.29. The van der Waals surface area contributed by atoms with Crippen molar-refractivity contribution in [1.82, 2.24) is 0 Å². The van der Waals surface area contributed by atoms with Crippen molar-refractivity contribution in [3.63, 3.8) is 0 Å². The monoisotopic (exact) mass is 195 g/mol. The molecule has 0 saturated heterocycles. The topological polar surface area (TPSA) is 23.8 Å². The highest BCUT2D eigenvalue weighted by atomic mass is 19.4. The third-order valence-electron chi connectivity index (χ3n) is 0.891. The SMILES string of the molecule is N#CC(F)(F)C(F)(F)C(F)(F)F. The van der Waals surface area contributed by atoms with E-state index in [4.69, 9.17) is 5.26 Å². The van der Waals surface area contributed by atoms with Crippen molar-refractivity contribution in [2.45, 2.75) is 18.0 Å². The molecule has 0 bridgehead atoms. The predicted octanol–water partition coefficient (Wildman–Crippen LogP) is 2.34. The first kappa shape index (κ1) is 11.0. The van der Waals surface area contributed by atoms with E-state index in [-0.39, 0.29) is 0 Å². The molecule has 0 heterocycles. The van der Waals surface area contributed by atoms with Crippen LogP contribution in [0.1, 0.15) is 0 Å². The van der Waals surface area contributed by atoms with Crippen molar-refractivity contribution in [1.29, 1.82) is 5.26 Å². The molecule has 0 radical (unpaired) electrons. The number of hydrogen-bond donors (Lipinski definition) is 0. The van der Waals surface area contributed by atoms with E-state index in [1.807, 2.05) is 0 Å². The van der Waals surface area contributed by atoms with E-state index >= 15 is 0 Å². The average molecular weight is 195 g/mol. The minimum Gasteiger partial charge on any atom is -0.191 e. The lowest BCUT2D eigenvalue weighted by molar-refractivity contribution is -0.339. The lowest BCUT2D eigenvalue weighted by Gasteiger charge is -2.22. The van der Waals surface area contributed by atoms with Gasteiger partial charge in [-0.25, -0.2) is 0 Å². The highest BCUT2D eigenvalue weighted by Gasteiger charge is 2.73. The smallest absolute Gasteiger partial charge is 0.191 e. The second-order valence-electron chi connectivity index (χ2n) is 1.76. The predicted molar refractivity (Wildman–Crippen MR) is 21.6 cm³/mol. The van der Waals surface area contributed by atoms with Gasteiger partial charge in [-0.1, -0.05) is 0 Å². The molecule has 1 nitrogen and oxygen atoms in total. The minimum atomic E-state index is -6.42. The third kappa shape index (κ3) is 1.44. The molecule has 0 unspecified atom stereocenters. The number of halogens is 7. The van der Waals surface area contributed by atoms with Crippen LogP contribution in [0.25, 0.3) is 0 Å². The van der Waals surface area contributed by atoms with Gasteiger partial charge in [0, 0.05) is 0 Å². The first-order valence-electron chi connectivity index (χ1n) is 2.30. The Morgan fingerprint density at radius 3 is 1.25 bits per heavy atom. The van der Waals surface area contributed by atoms with Crippen molar-refractivity contribution in [3.05, 3.63) is 0 Å². The van der Waals surface area contributed by atoms with Crippen LogP contribution < -0.4 is 0 Å². The van der Waals surface area contributed by atoms with Gasteiger partial charge < -0.3 is 0 Å². The van der Waals surface area contributed by atoms with Crippen LogP contribution in [0.4, 0.5) is 30.7 Å². The second kappa shape index (κ2) is 2.50. The van der Waals surface area contributed by atoms with Gasteiger partial charge in [0.25, 0.3) is 0 Å². The molecule has 0 saturated carbocycles. The standard InChI is InChI=1S/C4F7N/c5-2(6,1-12)3(7,8)4(9,10)11. The Labute approximate surface area is 61.4 Å². The highest BCUT2D eigenvalue weighted by Crippen LogP contribution is 2.45. The Bertz CT molecular complexity index is 208. The highest BCUT2D eigenvalue weighted by molar-refractivity contribution is 5.05. The molecular formula is C4F7N. The molecule has 0 aliphatic rings. The Morgan fingerprint density at radius 1 is 0.833 bits per heavy atom. The largest absolute Gasteiger partial charge is 0.461 e. The van der Waals surface area contributed by atoms with Gasteiger partial charge in [0.1, 0.15) is 6.07 Å². The summed E-state index contributed by atoms with van der Waals surface area (Å²) in [5.74, 6) is -12.0.